The Hall–Kier alpha value is -0.960. The number of amides is 1. The maximum absolute atomic E-state index is 12.7. The Morgan fingerprint density at radius 1 is 1.00 bits per heavy atom. The third-order valence-corrected chi connectivity index (χ3v) is 6.85. The van der Waals surface area contributed by atoms with E-state index in [4.69, 9.17) is 0 Å². The molecule has 0 aromatic heterocycles. The Morgan fingerprint density at radius 2 is 1.59 bits per heavy atom. The number of carbonyl (C=O) groups is 1. The van der Waals surface area contributed by atoms with E-state index in [1.807, 2.05) is 11.8 Å². The molecule has 0 bridgehead atoms. The van der Waals surface area contributed by atoms with E-state index in [9.17, 15) is 4.79 Å². The van der Waals surface area contributed by atoms with Crippen LogP contribution in [0.1, 0.15) is 107 Å². The van der Waals surface area contributed by atoms with Gasteiger partial charge in [0.25, 0.3) is 0 Å². The van der Waals surface area contributed by atoms with E-state index in [2.05, 4.69) is 49.9 Å². The van der Waals surface area contributed by atoms with Crippen molar-refractivity contribution < 1.29 is 4.79 Å². The lowest BCUT2D eigenvalue weighted by Crippen LogP contribution is -2.30. The molecule has 0 N–H and O–H groups in total. The molecule has 1 saturated heterocycles. The second kappa shape index (κ2) is 12.5. The highest BCUT2D eigenvalue weighted by Gasteiger charge is 2.30. The number of rotatable bonds is 12. The molecule has 1 aliphatic rings. The van der Waals surface area contributed by atoms with Crippen molar-refractivity contribution in [2.45, 2.75) is 96.3 Å². The molecule has 0 radical (unpaired) electrons. The number of hydrogen-bond donors (Lipinski definition) is 0. The lowest BCUT2D eigenvalue weighted by molar-refractivity contribution is -0.131. The average molecular weight is 390 g/mol. The van der Waals surface area contributed by atoms with Crippen molar-refractivity contribution in [1.82, 2.24) is 4.90 Å². The van der Waals surface area contributed by atoms with Gasteiger partial charge in [-0.1, -0.05) is 96.4 Å². The fourth-order valence-corrected chi connectivity index (χ4v) is 5.06. The molecule has 1 amide bonds. The van der Waals surface area contributed by atoms with Crippen molar-refractivity contribution in [3.05, 3.63) is 35.4 Å². The van der Waals surface area contributed by atoms with E-state index in [1.54, 1.807) is 0 Å². The number of hydrogen-bond acceptors (Lipinski definition) is 2. The molecule has 0 aliphatic carbocycles. The zero-order chi connectivity index (χ0) is 19.5. The monoisotopic (exact) mass is 389 g/mol. The Labute approximate surface area is 171 Å². The SMILES string of the molecule is CCCCCCCCCCCC(=O)N1CCSC1c1ccc(C(C)C)cc1. The molecule has 1 fully saturated rings. The molecule has 1 atom stereocenters. The van der Waals surface area contributed by atoms with Crippen LogP contribution in [0, 0.1) is 0 Å². The summed E-state index contributed by atoms with van der Waals surface area (Å²) < 4.78 is 0. The summed E-state index contributed by atoms with van der Waals surface area (Å²) >= 11 is 1.91. The van der Waals surface area contributed by atoms with Gasteiger partial charge in [-0.15, -0.1) is 11.8 Å². The van der Waals surface area contributed by atoms with Crippen LogP contribution in [0.4, 0.5) is 0 Å². The van der Waals surface area contributed by atoms with Crippen LogP contribution in [0.5, 0.6) is 0 Å². The first kappa shape index (κ1) is 22.3. The van der Waals surface area contributed by atoms with Gasteiger partial charge in [0.05, 0.1) is 0 Å². The molecule has 1 heterocycles. The van der Waals surface area contributed by atoms with Gasteiger partial charge in [0, 0.05) is 18.7 Å². The minimum absolute atomic E-state index is 0.220. The van der Waals surface area contributed by atoms with E-state index >= 15 is 0 Å². The van der Waals surface area contributed by atoms with E-state index in [1.165, 1.54) is 62.5 Å². The predicted octanol–water partition coefficient (Wildman–Crippen LogP) is 7.30. The summed E-state index contributed by atoms with van der Waals surface area (Å²) in [6, 6.07) is 8.89. The zero-order valence-electron chi connectivity index (χ0n) is 17.7. The number of nitrogens with zero attached hydrogens (tertiary/aromatic N) is 1. The quantitative estimate of drug-likeness (QED) is 0.349. The second-order valence-electron chi connectivity index (χ2n) is 8.21. The molecule has 2 nitrogen and oxygen atoms in total. The minimum atomic E-state index is 0.220. The fraction of sp³-hybridized carbons (Fsp3) is 0.708. The standard InChI is InChI=1S/C24H39NOS/c1-4-5-6-7-8-9-10-11-12-13-23(26)25-18-19-27-24(25)22-16-14-21(15-17-22)20(2)3/h14-17,20,24H,4-13,18-19H2,1-3H3. The van der Waals surface area contributed by atoms with Gasteiger partial charge in [0.1, 0.15) is 5.37 Å². The maximum Gasteiger partial charge on any atom is 0.223 e. The maximum atomic E-state index is 12.7. The molecule has 1 unspecified atom stereocenters. The van der Waals surface area contributed by atoms with E-state index in [0.29, 0.717) is 11.8 Å². The summed E-state index contributed by atoms with van der Waals surface area (Å²) in [7, 11) is 0. The molecule has 1 aromatic carbocycles. The second-order valence-corrected chi connectivity index (χ2v) is 9.40. The first-order valence-electron chi connectivity index (χ1n) is 11.1. The van der Waals surface area contributed by atoms with Gasteiger partial charge >= 0.3 is 0 Å². The molecule has 1 aliphatic heterocycles. The highest BCUT2D eigenvalue weighted by molar-refractivity contribution is 7.99. The first-order valence-corrected chi connectivity index (χ1v) is 12.2. The van der Waals surface area contributed by atoms with Gasteiger partial charge in [-0.3, -0.25) is 4.79 Å². The third-order valence-electron chi connectivity index (χ3n) is 5.59. The Kier molecular flexibility index (Phi) is 10.3. The fourth-order valence-electron chi connectivity index (χ4n) is 3.78. The highest BCUT2D eigenvalue weighted by Crippen LogP contribution is 2.38. The van der Waals surface area contributed by atoms with Gasteiger partial charge in [0.2, 0.25) is 5.91 Å². The molecule has 0 saturated carbocycles. The van der Waals surface area contributed by atoms with Crippen LogP contribution in [0.2, 0.25) is 0 Å². The summed E-state index contributed by atoms with van der Waals surface area (Å²) in [5, 5.41) is 0.220. The van der Waals surface area contributed by atoms with Crippen LogP contribution in [-0.2, 0) is 4.79 Å². The van der Waals surface area contributed by atoms with Crippen molar-refractivity contribution in [1.29, 1.82) is 0 Å². The summed E-state index contributed by atoms with van der Waals surface area (Å²) in [6.07, 6.45) is 12.4. The van der Waals surface area contributed by atoms with Crippen molar-refractivity contribution >= 4 is 17.7 Å². The van der Waals surface area contributed by atoms with Crippen molar-refractivity contribution in [3.8, 4) is 0 Å². The number of benzene rings is 1. The van der Waals surface area contributed by atoms with Gasteiger partial charge in [-0.05, 0) is 23.5 Å². The van der Waals surface area contributed by atoms with Gasteiger partial charge in [-0.25, -0.2) is 0 Å². The smallest absolute Gasteiger partial charge is 0.223 e. The highest BCUT2D eigenvalue weighted by atomic mass is 32.2. The molecule has 0 spiro atoms. The van der Waals surface area contributed by atoms with Gasteiger partial charge in [0.15, 0.2) is 0 Å². The van der Waals surface area contributed by atoms with Crippen LogP contribution in [0.15, 0.2) is 24.3 Å². The first-order chi connectivity index (χ1) is 13.1. The van der Waals surface area contributed by atoms with E-state index < -0.39 is 0 Å². The zero-order valence-corrected chi connectivity index (χ0v) is 18.5. The lowest BCUT2D eigenvalue weighted by Gasteiger charge is -2.24. The molecule has 152 valence electrons. The molecule has 2 rings (SSSR count). The molecular weight excluding hydrogens is 350 g/mol. The summed E-state index contributed by atoms with van der Waals surface area (Å²) in [6.45, 7) is 7.61. The lowest BCUT2D eigenvalue weighted by atomic mass is 10.0. The molecule has 27 heavy (non-hydrogen) atoms. The average Bonchev–Trinajstić information content (AvgIpc) is 3.16. The van der Waals surface area contributed by atoms with Crippen molar-refractivity contribution in [3.63, 3.8) is 0 Å². The van der Waals surface area contributed by atoms with Crippen LogP contribution < -0.4 is 0 Å². The molecule has 3 heteroatoms. The van der Waals surface area contributed by atoms with Crippen molar-refractivity contribution in [2.24, 2.45) is 0 Å². The summed E-state index contributed by atoms with van der Waals surface area (Å²) in [5.74, 6) is 1.96. The van der Waals surface area contributed by atoms with Crippen LogP contribution >= 0.6 is 11.8 Å². The Bertz CT molecular complexity index is 540. The Balaban J connectivity index is 1.69. The minimum Gasteiger partial charge on any atom is -0.326 e. The van der Waals surface area contributed by atoms with Crippen LogP contribution in [-0.4, -0.2) is 23.1 Å². The number of unbranched alkanes of at least 4 members (excludes halogenated alkanes) is 8. The number of thioether (sulfide) groups is 1. The largest absolute Gasteiger partial charge is 0.326 e. The molecule has 1 aromatic rings. The Morgan fingerprint density at radius 3 is 2.19 bits per heavy atom. The van der Waals surface area contributed by atoms with Crippen LogP contribution in [0.3, 0.4) is 0 Å². The van der Waals surface area contributed by atoms with Crippen molar-refractivity contribution in [2.75, 3.05) is 12.3 Å². The van der Waals surface area contributed by atoms with E-state index in [0.717, 1.165) is 25.1 Å². The van der Waals surface area contributed by atoms with Gasteiger partial charge in [-0.2, -0.15) is 0 Å². The third kappa shape index (κ3) is 7.52. The molecular formula is C24H39NOS. The van der Waals surface area contributed by atoms with Crippen LogP contribution in [0.25, 0.3) is 0 Å². The predicted molar refractivity (Wildman–Crippen MR) is 119 cm³/mol. The van der Waals surface area contributed by atoms with E-state index in [-0.39, 0.29) is 5.37 Å². The summed E-state index contributed by atoms with van der Waals surface area (Å²) in [5.41, 5.74) is 2.65. The summed E-state index contributed by atoms with van der Waals surface area (Å²) in [4.78, 5) is 14.8. The normalized spacial score (nSPS) is 17.0. The van der Waals surface area contributed by atoms with Gasteiger partial charge < -0.3 is 4.90 Å². The number of carbonyl (C=O) groups excluding carboxylic acids is 1. The topological polar surface area (TPSA) is 20.3 Å².